The number of hydrogen-bond acceptors (Lipinski definition) is 5. The molecule has 1 aromatic heterocycles. The highest BCUT2D eigenvalue weighted by molar-refractivity contribution is 6.00. The standard InChI is InChI=1S/C15H20N4O2/c16-10-5-7-19(8-6-10)11-1-3-13(17-9-11)12-2-4-14(20)18-15(12)21/h1,3,9-10,12H,2,4-8,16H2,(H,18,20,21). The van der Waals surface area contributed by atoms with E-state index in [1.54, 1.807) is 0 Å². The van der Waals surface area contributed by atoms with Gasteiger partial charge in [0.25, 0.3) is 0 Å². The van der Waals surface area contributed by atoms with Crippen molar-refractivity contribution in [3.8, 4) is 0 Å². The van der Waals surface area contributed by atoms with Crippen LogP contribution in [0.5, 0.6) is 0 Å². The molecule has 21 heavy (non-hydrogen) atoms. The Morgan fingerprint density at radius 3 is 2.57 bits per heavy atom. The molecule has 3 N–H and O–H groups in total. The third-order valence-corrected chi connectivity index (χ3v) is 4.27. The molecule has 1 unspecified atom stereocenters. The Balaban J connectivity index is 1.69. The number of imide groups is 1. The molecule has 0 bridgehead atoms. The molecule has 1 atom stereocenters. The number of hydrogen-bond donors (Lipinski definition) is 2. The Kier molecular flexibility index (Phi) is 3.88. The predicted molar refractivity (Wildman–Crippen MR) is 78.8 cm³/mol. The minimum atomic E-state index is -0.313. The summed E-state index contributed by atoms with van der Waals surface area (Å²) in [6.45, 7) is 1.89. The van der Waals surface area contributed by atoms with Crippen molar-refractivity contribution in [3.63, 3.8) is 0 Å². The van der Waals surface area contributed by atoms with Gasteiger partial charge in [0.2, 0.25) is 11.8 Å². The highest BCUT2D eigenvalue weighted by Gasteiger charge is 2.29. The van der Waals surface area contributed by atoms with E-state index in [1.807, 2.05) is 18.3 Å². The normalized spacial score (nSPS) is 24.0. The number of nitrogens with one attached hydrogen (secondary N) is 1. The Bertz CT molecular complexity index is 535. The molecule has 2 aliphatic heterocycles. The first-order valence-electron chi connectivity index (χ1n) is 7.43. The van der Waals surface area contributed by atoms with E-state index < -0.39 is 0 Å². The van der Waals surface area contributed by atoms with Crippen LogP contribution in [-0.4, -0.2) is 35.9 Å². The van der Waals surface area contributed by atoms with Crippen LogP contribution in [0, 0.1) is 0 Å². The van der Waals surface area contributed by atoms with E-state index in [9.17, 15) is 9.59 Å². The van der Waals surface area contributed by atoms with E-state index >= 15 is 0 Å². The average molecular weight is 288 g/mol. The number of carbonyl (C=O) groups is 2. The predicted octanol–water partition coefficient (Wildman–Crippen LogP) is 0.529. The van der Waals surface area contributed by atoms with Crippen molar-refractivity contribution in [1.82, 2.24) is 10.3 Å². The first kappa shape index (κ1) is 14.0. The van der Waals surface area contributed by atoms with Gasteiger partial charge >= 0.3 is 0 Å². The summed E-state index contributed by atoms with van der Waals surface area (Å²) in [6.07, 6.45) is 4.72. The van der Waals surface area contributed by atoms with Crippen molar-refractivity contribution >= 4 is 17.5 Å². The molecule has 6 nitrogen and oxygen atoms in total. The van der Waals surface area contributed by atoms with E-state index in [0.29, 0.717) is 18.9 Å². The lowest BCUT2D eigenvalue weighted by molar-refractivity contribution is -0.134. The van der Waals surface area contributed by atoms with Gasteiger partial charge in [-0.05, 0) is 31.4 Å². The van der Waals surface area contributed by atoms with Crippen LogP contribution in [0.3, 0.4) is 0 Å². The highest BCUT2D eigenvalue weighted by atomic mass is 16.2. The first-order valence-corrected chi connectivity index (χ1v) is 7.43. The molecule has 0 saturated carbocycles. The van der Waals surface area contributed by atoms with Crippen LogP contribution in [0.4, 0.5) is 5.69 Å². The van der Waals surface area contributed by atoms with Gasteiger partial charge in [-0.1, -0.05) is 0 Å². The van der Waals surface area contributed by atoms with Crippen LogP contribution in [0.1, 0.15) is 37.3 Å². The second kappa shape index (κ2) is 5.81. The minimum absolute atomic E-state index is 0.197. The first-order chi connectivity index (χ1) is 10.1. The van der Waals surface area contributed by atoms with Gasteiger partial charge in [0, 0.05) is 25.6 Å². The van der Waals surface area contributed by atoms with Crippen molar-refractivity contribution in [2.75, 3.05) is 18.0 Å². The molecule has 3 rings (SSSR count). The van der Waals surface area contributed by atoms with Crippen LogP contribution in [0.25, 0.3) is 0 Å². The molecule has 3 heterocycles. The Morgan fingerprint density at radius 2 is 1.95 bits per heavy atom. The van der Waals surface area contributed by atoms with Crippen molar-refractivity contribution in [3.05, 3.63) is 24.0 Å². The third kappa shape index (κ3) is 3.05. The van der Waals surface area contributed by atoms with Gasteiger partial charge in [0.15, 0.2) is 0 Å². The van der Waals surface area contributed by atoms with Crippen LogP contribution < -0.4 is 16.0 Å². The van der Waals surface area contributed by atoms with Crippen LogP contribution >= 0.6 is 0 Å². The number of piperidine rings is 2. The molecule has 1 aromatic rings. The van der Waals surface area contributed by atoms with E-state index in [1.165, 1.54) is 0 Å². The lowest BCUT2D eigenvalue weighted by Crippen LogP contribution is -2.40. The molecule has 0 spiro atoms. The summed E-state index contributed by atoms with van der Waals surface area (Å²) in [6, 6.07) is 4.20. The maximum Gasteiger partial charge on any atom is 0.235 e. The van der Waals surface area contributed by atoms with Gasteiger partial charge < -0.3 is 10.6 Å². The van der Waals surface area contributed by atoms with E-state index in [0.717, 1.165) is 37.3 Å². The fraction of sp³-hybridized carbons (Fsp3) is 0.533. The molecule has 0 radical (unpaired) electrons. The molecule has 0 aromatic carbocycles. The number of carbonyl (C=O) groups excluding carboxylic acids is 2. The van der Waals surface area contributed by atoms with Crippen molar-refractivity contribution in [2.45, 2.75) is 37.6 Å². The minimum Gasteiger partial charge on any atom is -0.370 e. The van der Waals surface area contributed by atoms with E-state index in [-0.39, 0.29) is 17.7 Å². The lowest BCUT2D eigenvalue weighted by atomic mass is 9.94. The number of nitrogens with two attached hydrogens (primary N) is 1. The van der Waals surface area contributed by atoms with Crippen molar-refractivity contribution in [1.29, 1.82) is 0 Å². The third-order valence-electron chi connectivity index (χ3n) is 4.27. The Labute approximate surface area is 123 Å². The van der Waals surface area contributed by atoms with Crippen molar-refractivity contribution < 1.29 is 9.59 Å². The number of pyridine rings is 1. The van der Waals surface area contributed by atoms with Crippen LogP contribution in [0.2, 0.25) is 0 Å². The van der Waals surface area contributed by atoms with E-state index in [2.05, 4.69) is 15.2 Å². The van der Waals surface area contributed by atoms with Gasteiger partial charge in [-0.15, -0.1) is 0 Å². The van der Waals surface area contributed by atoms with E-state index in [4.69, 9.17) is 5.73 Å². The second-order valence-corrected chi connectivity index (χ2v) is 5.77. The highest BCUT2D eigenvalue weighted by Crippen LogP contribution is 2.25. The maximum absolute atomic E-state index is 11.8. The van der Waals surface area contributed by atoms with Gasteiger partial charge in [0.05, 0.1) is 23.5 Å². The topological polar surface area (TPSA) is 88.3 Å². The molecule has 2 fully saturated rings. The SMILES string of the molecule is NC1CCN(c2ccc(C3CCC(=O)NC3=O)nc2)CC1. The molecule has 112 valence electrons. The molecular formula is C15H20N4O2. The number of rotatable bonds is 2. The largest absolute Gasteiger partial charge is 0.370 e. The zero-order chi connectivity index (χ0) is 14.8. The summed E-state index contributed by atoms with van der Waals surface area (Å²) in [5.74, 6) is -0.750. The molecule has 2 aliphatic rings. The summed E-state index contributed by atoms with van der Waals surface area (Å²) in [4.78, 5) is 29.7. The van der Waals surface area contributed by atoms with Gasteiger partial charge in [-0.2, -0.15) is 0 Å². The maximum atomic E-state index is 11.8. The van der Waals surface area contributed by atoms with Gasteiger partial charge in [-0.3, -0.25) is 19.9 Å². The zero-order valence-corrected chi connectivity index (χ0v) is 11.9. The lowest BCUT2D eigenvalue weighted by Gasteiger charge is -2.32. The van der Waals surface area contributed by atoms with Gasteiger partial charge in [-0.25, -0.2) is 0 Å². The number of aromatic nitrogens is 1. The van der Waals surface area contributed by atoms with Gasteiger partial charge in [0.1, 0.15) is 0 Å². The Hall–Kier alpha value is -1.95. The fourth-order valence-electron chi connectivity index (χ4n) is 2.92. The van der Waals surface area contributed by atoms with Crippen molar-refractivity contribution in [2.24, 2.45) is 5.73 Å². The summed E-state index contributed by atoms with van der Waals surface area (Å²) in [5.41, 5.74) is 7.71. The quantitative estimate of drug-likeness (QED) is 0.775. The summed E-state index contributed by atoms with van der Waals surface area (Å²) in [7, 11) is 0. The Morgan fingerprint density at radius 1 is 1.19 bits per heavy atom. The molecular weight excluding hydrogens is 268 g/mol. The smallest absolute Gasteiger partial charge is 0.235 e. The summed E-state index contributed by atoms with van der Waals surface area (Å²) in [5, 5.41) is 2.37. The molecule has 0 aliphatic carbocycles. The summed E-state index contributed by atoms with van der Waals surface area (Å²) >= 11 is 0. The fourth-order valence-corrected chi connectivity index (χ4v) is 2.92. The van der Waals surface area contributed by atoms with Crippen LogP contribution in [0.15, 0.2) is 18.3 Å². The monoisotopic (exact) mass is 288 g/mol. The molecule has 2 amide bonds. The number of amides is 2. The zero-order valence-electron chi connectivity index (χ0n) is 11.9. The molecule has 6 heteroatoms. The average Bonchev–Trinajstić information content (AvgIpc) is 2.48. The molecule has 2 saturated heterocycles. The summed E-state index contributed by atoms with van der Waals surface area (Å²) < 4.78 is 0. The van der Waals surface area contributed by atoms with Crippen LogP contribution in [-0.2, 0) is 9.59 Å². The number of anilines is 1. The second-order valence-electron chi connectivity index (χ2n) is 5.77. The number of nitrogens with zero attached hydrogens (tertiary/aromatic N) is 2.